The van der Waals surface area contributed by atoms with Gasteiger partial charge in [-0.25, -0.2) is 0 Å². The van der Waals surface area contributed by atoms with Gasteiger partial charge in [0.25, 0.3) is 11.8 Å². The van der Waals surface area contributed by atoms with E-state index in [0.29, 0.717) is 35.7 Å². The van der Waals surface area contributed by atoms with Crippen LogP contribution in [0, 0.1) is 0 Å². The molecule has 0 aliphatic carbocycles. The van der Waals surface area contributed by atoms with Crippen LogP contribution in [-0.2, 0) is 0 Å². The van der Waals surface area contributed by atoms with Crippen molar-refractivity contribution in [3.63, 3.8) is 0 Å². The van der Waals surface area contributed by atoms with Crippen molar-refractivity contribution < 1.29 is 14.3 Å². The normalized spacial score (nSPS) is 10.2. The fraction of sp³-hybridized carbons (Fsp3) is 0.348. The smallest absolute Gasteiger partial charge is 0.257 e. The minimum Gasteiger partial charge on any atom is -0.494 e. The van der Waals surface area contributed by atoms with Gasteiger partial charge in [-0.1, -0.05) is 32.8 Å². The number of hydrogen-bond acceptors (Lipinski definition) is 4. The third-order valence-electron chi connectivity index (χ3n) is 4.31. The van der Waals surface area contributed by atoms with E-state index in [1.54, 1.807) is 42.5 Å². The number of carbonyl (C=O) groups excluding carboxylic acids is 2. The van der Waals surface area contributed by atoms with Gasteiger partial charge in [0.05, 0.1) is 6.61 Å². The first-order valence-corrected chi connectivity index (χ1v) is 10.7. The molecule has 2 amide bonds. The number of rotatable bonds is 10. The first kappa shape index (κ1) is 23.3. The molecular weight excluding hydrogens is 398 g/mol. The van der Waals surface area contributed by atoms with E-state index in [0.717, 1.165) is 25.7 Å². The van der Waals surface area contributed by atoms with Crippen molar-refractivity contribution in [3.8, 4) is 5.75 Å². The molecule has 0 saturated heterocycles. The average Bonchev–Trinajstić information content (AvgIpc) is 2.74. The molecule has 0 aromatic heterocycles. The second-order valence-electron chi connectivity index (χ2n) is 6.82. The number of hydrogen-bond donors (Lipinski definition) is 3. The van der Waals surface area contributed by atoms with Gasteiger partial charge < -0.3 is 15.4 Å². The SMILES string of the molecule is CCCCNC(=O)c1ccc(NC(=S)NC(=O)c2cccc(OCCCC)c2)cc1. The zero-order valence-corrected chi connectivity index (χ0v) is 18.3. The zero-order chi connectivity index (χ0) is 21.8. The van der Waals surface area contributed by atoms with Gasteiger partial charge in [0, 0.05) is 23.4 Å². The van der Waals surface area contributed by atoms with Gasteiger partial charge in [-0.05, 0) is 67.5 Å². The van der Waals surface area contributed by atoms with Crippen molar-refractivity contribution in [2.24, 2.45) is 0 Å². The molecule has 0 radical (unpaired) electrons. The van der Waals surface area contributed by atoms with Crippen LogP contribution in [-0.4, -0.2) is 30.1 Å². The van der Waals surface area contributed by atoms with Crippen molar-refractivity contribution >= 4 is 34.8 Å². The number of unbranched alkanes of at least 4 members (excludes halogenated alkanes) is 2. The van der Waals surface area contributed by atoms with E-state index >= 15 is 0 Å². The highest BCUT2D eigenvalue weighted by Crippen LogP contribution is 2.14. The van der Waals surface area contributed by atoms with Crippen molar-refractivity contribution in [1.29, 1.82) is 0 Å². The lowest BCUT2D eigenvalue weighted by Crippen LogP contribution is -2.34. The summed E-state index contributed by atoms with van der Waals surface area (Å²) in [5.74, 6) is 0.232. The Hall–Kier alpha value is -2.93. The summed E-state index contributed by atoms with van der Waals surface area (Å²) in [6.07, 6.45) is 3.99. The summed E-state index contributed by atoms with van der Waals surface area (Å²) in [6.45, 7) is 5.45. The van der Waals surface area contributed by atoms with Gasteiger partial charge in [-0.3, -0.25) is 14.9 Å². The molecule has 2 rings (SSSR count). The van der Waals surface area contributed by atoms with Crippen LogP contribution in [0.25, 0.3) is 0 Å². The van der Waals surface area contributed by atoms with Crippen LogP contribution >= 0.6 is 12.2 Å². The molecule has 160 valence electrons. The van der Waals surface area contributed by atoms with Crippen LogP contribution in [0.3, 0.4) is 0 Å². The number of thiocarbonyl (C=S) groups is 1. The summed E-state index contributed by atoms with van der Waals surface area (Å²) in [7, 11) is 0. The Morgan fingerprint density at radius 2 is 1.67 bits per heavy atom. The largest absolute Gasteiger partial charge is 0.494 e. The summed E-state index contributed by atoms with van der Waals surface area (Å²) in [5.41, 5.74) is 1.72. The fourth-order valence-electron chi connectivity index (χ4n) is 2.58. The summed E-state index contributed by atoms with van der Waals surface area (Å²) in [6, 6.07) is 13.9. The average molecular weight is 428 g/mol. The van der Waals surface area contributed by atoms with Gasteiger partial charge >= 0.3 is 0 Å². The zero-order valence-electron chi connectivity index (χ0n) is 17.5. The summed E-state index contributed by atoms with van der Waals surface area (Å²) >= 11 is 5.23. The Kier molecular flexibility index (Phi) is 9.80. The van der Waals surface area contributed by atoms with Crippen LogP contribution in [0.5, 0.6) is 5.75 Å². The number of amides is 2. The Bertz CT molecular complexity index is 853. The molecule has 6 nitrogen and oxygen atoms in total. The van der Waals surface area contributed by atoms with E-state index < -0.39 is 0 Å². The predicted molar refractivity (Wildman–Crippen MR) is 124 cm³/mol. The topological polar surface area (TPSA) is 79.5 Å². The molecule has 0 heterocycles. The summed E-state index contributed by atoms with van der Waals surface area (Å²) in [4.78, 5) is 24.5. The van der Waals surface area contributed by atoms with Crippen molar-refractivity contribution in [3.05, 3.63) is 59.7 Å². The van der Waals surface area contributed by atoms with E-state index in [1.807, 2.05) is 6.07 Å². The molecular formula is C23H29N3O3S. The molecule has 30 heavy (non-hydrogen) atoms. The molecule has 2 aromatic carbocycles. The van der Waals surface area contributed by atoms with Crippen LogP contribution in [0.1, 0.15) is 60.2 Å². The molecule has 0 atom stereocenters. The minimum absolute atomic E-state index is 0.105. The molecule has 0 bridgehead atoms. The quantitative estimate of drug-likeness (QED) is 0.384. The lowest BCUT2D eigenvalue weighted by Gasteiger charge is -2.11. The van der Waals surface area contributed by atoms with Crippen molar-refractivity contribution in [2.75, 3.05) is 18.5 Å². The monoisotopic (exact) mass is 427 g/mol. The predicted octanol–water partition coefficient (Wildman–Crippen LogP) is 4.52. The summed E-state index contributed by atoms with van der Waals surface area (Å²) < 4.78 is 5.64. The van der Waals surface area contributed by atoms with Gasteiger partial charge in [-0.2, -0.15) is 0 Å². The third-order valence-corrected chi connectivity index (χ3v) is 4.51. The molecule has 2 aromatic rings. The first-order chi connectivity index (χ1) is 14.5. The van der Waals surface area contributed by atoms with E-state index in [4.69, 9.17) is 17.0 Å². The molecule has 0 aliphatic heterocycles. The number of anilines is 1. The lowest BCUT2D eigenvalue weighted by atomic mass is 10.2. The van der Waals surface area contributed by atoms with E-state index in [-0.39, 0.29) is 16.9 Å². The number of ether oxygens (including phenoxy) is 1. The highest BCUT2D eigenvalue weighted by molar-refractivity contribution is 7.80. The molecule has 3 N–H and O–H groups in total. The molecule has 0 fully saturated rings. The van der Waals surface area contributed by atoms with Gasteiger partial charge in [-0.15, -0.1) is 0 Å². The third kappa shape index (κ3) is 7.83. The highest BCUT2D eigenvalue weighted by atomic mass is 32.1. The Morgan fingerprint density at radius 1 is 0.933 bits per heavy atom. The van der Waals surface area contributed by atoms with E-state index in [2.05, 4.69) is 29.8 Å². The molecule has 0 unspecified atom stereocenters. The second kappa shape index (κ2) is 12.6. The fourth-order valence-corrected chi connectivity index (χ4v) is 2.80. The molecule has 0 spiro atoms. The van der Waals surface area contributed by atoms with E-state index in [9.17, 15) is 9.59 Å². The molecule has 7 heteroatoms. The molecule has 0 saturated carbocycles. The maximum Gasteiger partial charge on any atom is 0.257 e. The van der Waals surface area contributed by atoms with Crippen molar-refractivity contribution in [2.45, 2.75) is 39.5 Å². The van der Waals surface area contributed by atoms with Crippen LogP contribution in [0.4, 0.5) is 5.69 Å². The highest BCUT2D eigenvalue weighted by Gasteiger charge is 2.10. The van der Waals surface area contributed by atoms with Gasteiger partial charge in [0.1, 0.15) is 5.75 Å². The summed E-state index contributed by atoms with van der Waals surface area (Å²) in [5, 5.41) is 8.66. The van der Waals surface area contributed by atoms with Crippen molar-refractivity contribution in [1.82, 2.24) is 10.6 Å². The Morgan fingerprint density at radius 3 is 2.37 bits per heavy atom. The van der Waals surface area contributed by atoms with Gasteiger partial charge in [0.15, 0.2) is 5.11 Å². The minimum atomic E-state index is -0.319. The van der Waals surface area contributed by atoms with E-state index in [1.165, 1.54) is 0 Å². The maximum absolute atomic E-state index is 12.4. The number of carbonyl (C=O) groups is 2. The molecule has 0 aliphatic rings. The van der Waals surface area contributed by atoms with Crippen LogP contribution in [0.2, 0.25) is 0 Å². The first-order valence-electron chi connectivity index (χ1n) is 10.3. The maximum atomic E-state index is 12.4. The second-order valence-corrected chi connectivity index (χ2v) is 7.23. The number of nitrogens with one attached hydrogen (secondary N) is 3. The Labute approximate surface area is 183 Å². The van der Waals surface area contributed by atoms with Crippen LogP contribution < -0.4 is 20.7 Å². The lowest BCUT2D eigenvalue weighted by molar-refractivity contribution is 0.0950. The van der Waals surface area contributed by atoms with Crippen LogP contribution in [0.15, 0.2) is 48.5 Å². The Balaban J connectivity index is 1.87. The van der Waals surface area contributed by atoms with Gasteiger partial charge in [0.2, 0.25) is 0 Å². The standard InChI is InChI=1S/C23H29N3O3S/c1-3-5-14-24-21(27)17-10-12-19(13-11-17)25-23(30)26-22(28)18-8-7-9-20(16-18)29-15-6-4-2/h7-13,16H,3-6,14-15H2,1-2H3,(H,24,27)(H2,25,26,28,30). The number of benzene rings is 2.